The normalized spacial score (nSPS) is 29.9. The molecule has 0 spiro atoms. The van der Waals surface area contributed by atoms with Gasteiger partial charge in [-0.25, -0.2) is 0 Å². The molecule has 1 fully saturated rings. The van der Waals surface area contributed by atoms with Crippen LogP contribution in [0.4, 0.5) is 11.4 Å². The van der Waals surface area contributed by atoms with E-state index < -0.39 is 64.3 Å². The predicted octanol–water partition coefficient (Wildman–Crippen LogP) is -1.32. The summed E-state index contributed by atoms with van der Waals surface area (Å²) in [6, 6.07) is 2.56. The van der Waals surface area contributed by atoms with Gasteiger partial charge in [0.1, 0.15) is 24.4 Å². The number of hydrogen-bond acceptors (Lipinski definition) is 10. The minimum atomic E-state index is -1.77. The van der Waals surface area contributed by atoms with Crippen molar-refractivity contribution in [1.82, 2.24) is 0 Å². The molecule has 24 heavy (non-hydrogen) atoms. The highest BCUT2D eigenvalue weighted by Crippen LogP contribution is 2.33. The number of hydrogen-bond donors (Lipinski definition) is 4. The third-order valence-corrected chi connectivity index (χ3v) is 3.44. The van der Waals surface area contributed by atoms with Gasteiger partial charge in [0.15, 0.2) is 0 Å². The monoisotopic (exact) mass is 346 g/mol. The second-order valence-electron chi connectivity index (χ2n) is 4.98. The van der Waals surface area contributed by atoms with Crippen LogP contribution in [-0.2, 0) is 4.74 Å². The fourth-order valence-electron chi connectivity index (χ4n) is 2.15. The Hall–Kier alpha value is -2.38. The van der Waals surface area contributed by atoms with Gasteiger partial charge in [-0.15, -0.1) is 0 Å². The lowest BCUT2D eigenvalue weighted by Gasteiger charge is -2.39. The summed E-state index contributed by atoms with van der Waals surface area (Å²) in [7, 11) is 0. The van der Waals surface area contributed by atoms with E-state index in [0.29, 0.717) is 6.07 Å². The summed E-state index contributed by atoms with van der Waals surface area (Å²) >= 11 is 0. The average Bonchev–Trinajstić information content (AvgIpc) is 2.55. The van der Waals surface area contributed by atoms with Crippen LogP contribution in [0.15, 0.2) is 18.2 Å². The van der Waals surface area contributed by atoms with Crippen molar-refractivity contribution in [2.45, 2.75) is 30.7 Å². The molecule has 0 bridgehead atoms. The summed E-state index contributed by atoms with van der Waals surface area (Å²) < 4.78 is 10.2. The molecule has 1 saturated heterocycles. The summed E-state index contributed by atoms with van der Waals surface area (Å²) in [5.41, 5.74) is -1.29. The van der Waals surface area contributed by atoms with Crippen LogP contribution < -0.4 is 4.74 Å². The van der Waals surface area contributed by atoms with E-state index >= 15 is 0 Å². The molecule has 132 valence electrons. The van der Waals surface area contributed by atoms with E-state index in [1.54, 1.807) is 0 Å². The Kier molecular flexibility index (Phi) is 5.26. The highest BCUT2D eigenvalue weighted by molar-refractivity contribution is 5.53. The van der Waals surface area contributed by atoms with Crippen molar-refractivity contribution in [3.8, 4) is 5.75 Å². The number of aliphatic hydroxyl groups is 4. The van der Waals surface area contributed by atoms with Crippen LogP contribution in [0.25, 0.3) is 0 Å². The fraction of sp³-hybridized carbons (Fsp3) is 0.500. The van der Waals surface area contributed by atoms with Crippen LogP contribution in [0.3, 0.4) is 0 Å². The SMILES string of the molecule is O=[N+]([O-])c1ccc(OC2OC(CO)C(O)C(O)C2O)c([N+](=O)[O-])c1. The maximum Gasteiger partial charge on any atom is 0.317 e. The second kappa shape index (κ2) is 7.02. The van der Waals surface area contributed by atoms with Gasteiger partial charge >= 0.3 is 5.69 Å². The Morgan fingerprint density at radius 3 is 2.29 bits per heavy atom. The van der Waals surface area contributed by atoms with Gasteiger partial charge < -0.3 is 29.9 Å². The minimum absolute atomic E-state index is 0.449. The van der Waals surface area contributed by atoms with Gasteiger partial charge in [-0.2, -0.15) is 0 Å². The Bertz CT molecular complexity index is 636. The standard InChI is InChI=1S/C12H14N2O10/c15-4-8-9(16)10(17)11(18)12(24-8)23-7-2-1-5(13(19)20)3-6(7)14(21)22/h1-3,8-12,15-18H,4H2. The topological polar surface area (TPSA) is 186 Å². The molecule has 1 aliphatic heterocycles. The van der Waals surface area contributed by atoms with Crippen LogP contribution in [0.5, 0.6) is 5.75 Å². The fourth-order valence-corrected chi connectivity index (χ4v) is 2.15. The molecule has 12 nitrogen and oxygen atoms in total. The van der Waals surface area contributed by atoms with Crippen molar-refractivity contribution in [3.63, 3.8) is 0 Å². The molecule has 1 aromatic rings. The predicted molar refractivity (Wildman–Crippen MR) is 74.1 cm³/mol. The molecule has 0 aromatic heterocycles. The molecule has 1 heterocycles. The van der Waals surface area contributed by atoms with Crippen molar-refractivity contribution >= 4 is 11.4 Å². The third kappa shape index (κ3) is 3.42. The highest BCUT2D eigenvalue weighted by Gasteiger charge is 2.45. The lowest BCUT2D eigenvalue weighted by molar-refractivity contribution is -0.395. The molecule has 0 saturated carbocycles. The molecule has 1 aromatic carbocycles. The quantitative estimate of drug-likeness (QED) is 0.368. The first-order valence-corrected chi connectivity index (χ1v) is 6.66. The van der Waals surface area contributed by atoms with Crippen LogP contribution in [-0.4, -0.2) is 67.6 Å². The first kappa shape index (κ1) is 18.0. The lowest BCUT2D eigenvalue weighted by atomic mass is 9.99. The highest BCUT2D eigenvalue weighted by atomic mass is 16.7. The number of rotatable bonds is 5. The molecule has 0 amide bonds. The number of aliphatic hydroxyl groups excluding tert-OH is 4. The Labute approximate surface area is 133 Å². The Balaban J connectivity index is 2.29. The molecule has 4 N–H and O–H groups in total. The Morgan fingerprint density at radius 2 is 1.75 bits per heavy atom. The van der Waals surface area contributed by atoms with E-state index in [0.717, 1.165) is 12.1 Å². The molecule has 12 heteroatoms. The number of ether oxygens (including phenoxy) is 2. The van der Waals surface area contributed by atoms with Crippen molar-refractivity contribution in [2.75, 3.05) is 6.61 Å². The molecule has 5 unspecified atom stereocenters. The summed E-state index contributed by atoms with van der Waals surface area (Å²) in [6.45, 7) is -0.701. The third-order valence-electron chi connectivity index (χ3n) is 3.44. The molecular weight excluding hydrogens is 332 g/mol. The zero-order valence-corrected chi connectivity index (χ0v) is 12.0. The minimum Gasteiger partial charge on any atom is -0.455 e. The van der Waals surface area contributed by atoms with E-state index in [1.807, 2.05) is 0 Å². The number of non-ortho nitro benzene ring substituents is 1. The Morgan fingerprint density at radius 1 is 1.08 bits per heavy atom. The summed E-state index contributed by atoms with van der Waals surface area (Å²) in [5, 5.41) is 59.9. The molecule has 5 atom stereocenters. The van der Waals surface area contributed by atoms with Crippen molar-refractivity contribution < 1.29 is 39.7 Å². The first-order chi connectivity index (χ1) is 11.3. The van der Waals surface area contributed by atoms with Crippen LogP contribution in [0.2, 0.25) is 0 Å². The number of nitro benzene ring substituents is 2. The maximum atomic E-state index is 11.0. The molecule has 2 rings (SSSR count). The number of benzene rings is 1. The van der Waals surface area contributed by atoms with Crippen LogP contribution in [0.1, 0.15) is 0 Å². The number of nitro groups is 2. The van der Waals surface area contributed by atoms with Gasteiger partial charge in [0, 0.05) is 6.07 Å². The maximum absolute atomic E-state index is 11.0. The van der Waals surface area contributed by atoms with E-state index in [-0.39, 0.29) is 0 Å². The van der Waals surface area contributed by atoms with Gasteiger partial charge in [-0.1, -0.05) is 0 Å². The van der Waals surface area contributed by atoms with E-state index in [4.69, 9.17) is 14.6 Å². The zero-order chi connectivity index (χ0) is 18.0. The van der Waals surface area contributed by atoms with Gasteiger partial charge in [0.25, 0.3) is 5.69 Å². The molecule has 0 aliphatic carbocycles. The van der Waals surface area contributed by atoms with Crippen molar-refractivity contribution in [1.29, 1.82) is 0 Å². The van der Waals surface area contributed by atoms with E-state index in [1.165, 1.54) is 0 Å². The summed E-state index contributed by atoms with van der Waals surface area (Å²) in [6.07, 6.45) is -8.00. The molecule has 0 radical (unpaired) electrons. The second-order valence-corrected chi connectivity index (χ2v) is 4.98. The van der Waals surface area contributed by atoms with Gasteiger partial charge in [0.2, 0.25) is 12.0 Å². The van der Waals surface area contributed by atoms with E-state index in [2.05, 4.69) is 0 Å². The number of nitrogens with zero attached hydrogens (tertiary/aromatic N) is 2. The summed E-state index contributed by atoms with van der Waals surface area (Å²) in [5.74, 6) is -0.449. The first-order valence-electron chi connectivity index (χ1n) is 6.66. The molecular formula is C12H14N2O10. The largest absolute Gasteiger partial charge is 0.455 e. The lowest BCUT2D eigenvalue weighted by Crippen LogP contribution is -2.60. The van der Waals surface area contributed by atoms with E-state index in [9.17, 15) is 35.5 Å². The smallest absolute Gasteiger partial charge is 0.317 e. The van der Waals surface area contributed by atoms with Crippen molar-refractivity contribution in [3.05, 3.63) is 38.4 Å². The zero-order valence-electron chi connectivity index (χ0n) is 12.0. The van der Waals surface area contributed by atoms with Crippen molar-refractivity contribution in [2.24, 2.45) is 0 Å². The van der Waals surface area contributed by atoms with Crippen LogP contribution in [0, 0.1) is 20.2 Å². The van der Waals surface area contributed by atoms with Gasteiger partial charge in [0.05, 0.1) is 22.5 Å². The summed E-state index contributed by atoms with van der Waals surface area (Å²) in [4.78, 5) is 20.0. The average molecular weight is 346 g/mol. The van der Waals surface area contributed by atoms with Gasteiger partial charge in [-0.05, 0) is 6.07 Å². The van der Waals surface area contributed by atoms with Gasteiger partial charge in [-0.3, -0.25) is 20.2 Å². The van der Waals surface area contributed by atoms with Crippen LogP contribution >= 0.6 is 0 Å². The molecule has 1 aliphatic rings.